The van der Waals surface area contributed by atoms with Gasteiger partial charge in [-0.2, -0.15) is 0 Å². The van der Waals surface area contributed by atoms with Crippen LogP contribution in [0.3, 0.4) is 0 Å². The number of ether oxygens (including phenoxy) is 5. The van der Waals surface area contributed by atoms with Gasteiger partial charge in [0.05, 0.1) is 19.8 Å². The van der Waals surface area contributed by atoms with Gasteiger partial charge in [0, 0.05) is 33.2 Å². The molecule has 0 fully saturated rings. The van der Waals surface area contributed by atoms with Gasteiger partial charge in [-0.15, -0.1) is 0 Å². The quantitative estimate of drug-likeness (QED) is 0.0454. The van der Waals surface area contributed by atoms with Crippen molar-refractivity contribution in [1.82, 2.24) is 0 Å². The second kappa shape index (κ2) is 44.2. The van der Waals surface area contributed by atoms with Crippen molar-refractivity contribution in [3.63, 3.8) is 0 Å². The summed E-state index contributed by atoms with van der Waals surface area (Å²) in [6.07, 6.45) is 39.8. The Kier molecular flexibility index (Phi) is 43.2. The lowest BCUT2D eigenvalue weighted by atomic mass is 10.0. The third-order valence-electron chi connectivity index (χ3n) is 10.0. The number of methoxy groups -OCH3 is 1. The SMILES string of the molecule is CCCCCCCCCCCCCCCCCC(=O)OCC(COCCOCCCOC)OC(=O)CCCCCCCCCCCCCCCCC. The van der Waals surface area contributed by atoms with E-state index in [1.807, 2.05) is 0 Å². The highest BCUT2D eigenvalue weighted by Crippen LogP contribution is 2.16. The molecule has 0 aliphatic rings. The van der Waals surface area contributed by atoms with Crippen LogP contribution in [0, 0.1) is 0 Å². The van der Waals surface area contributed by atoms with Crippen molar-refractivity contribution in [2.75, 3.05) is 46.8 Å². The molecule has 0 N–H and O–H groups in total. The summed E-state index contributed by atoms with van der Waals surface area (Å²) < 4.78 is 27.6. The largest absolute Gasteiger partial charge is 0.462 e. The van der Waals surface area contributed by atoms with Crippen molar-refractivity contribution in [2.24, 2.45) is 0 Å². The van der Waals surface area contributed by atoms with Crippen molar-refractivity contribution < 1.29 is 33.3 Å². The lowest BCUT2D eigenvalue weighted by molar-refractivity contribution is -0.163. The summed E-state index contributed by atoms with van der Waals surface area (Å²) in [4.78, 5) is 25.1. The molecule has 52 heavy (non-hydrogen) atoms. The Balaban J connectivity index is 4.04. The summed E-state index contributed by atoms with van der Waals surface area (Å²) in [5.74, 6) is -0.461. The van der Waals surface area contributed by atoms with Gasteiger partial charge in [0.2, 0.25) is 0 Å². The summed E-state index contributed by atoms with van der Waals surface area (Å²) in [5.41, 5.74) is 0. The fourth-order valence-electron chi connectivity index (χ4n) is 6.64. The predicted octanol–water partition coefficient (Wildman–Crippen LogP) is 13.0. The van der Waals surface area contributed by atoms with Crippen molar-refractivity contribution >= 4 is 11.9 Å². The Morgan fingerprint density at radius 1 is 0.385 bits per heavy atom. The van der Waals surface area contributed by atoms with E-state index in [1.54, 1.807) is 7.11 Å². The zero-order chi connectivity index (χ0) is 37.8. The van der Waals surface area contributed by atoms with Gasteiger partial charge < -0.3 is 23.7 Å². The number of carbonyl (C=O) groups is 2. The highest BCUT2D eigenvalue weighted by Gasteiger charge is 2.17. The molecule has 0 aliphatic heterocycles. The third kappa shape index (κ3) is 41.6. The molecule has 0 saturated heterocycles. The van der Waals surface area contributed by atoms with Crippen LogP contribution in [-0.4, -0.2) is 64.8 Å². The van der Waals surface area contributed by atoms with Crippen molar-refractivity contribution in [3.05, 3.63) is 0 Å². The fraction of sp³-hybridized carbons (Fsp3) is 0.956. The first-order chi connectivity index (χ1) is 25.6. The first-order valence-electron chi connectivity index (χ1n) is 22.6. The number of hydrogen-bond donors (Lipinski definition) is 0. The summed E-state index contributed by atoms with van der Waals surface area (Å²) in [5, 5.41) is 0. The second-order valence-electron chi connectivity index (χ2n) is 15.2. The average Bonchev–Trinajstić information content (AvgIpc) is 3.14. The smallest absolute Gasteiger partial charge is 0.306 e. The molecule has 0 heterocycles. The molecule has 310 valence electrons. The van der Waals surface area contributed by atoms with Gasteiger partial charge in [-0.25, -0.2) is 0 Å². The monoisotopic (exact) mass is 741 g/mol. The first kappa shape index (κ1) is 50.8. The van der Waals surface area contributed by atoms with Crippen molar-refractivity contribution in [2.45, 2.75) is 232 Å². The Hall–Kier alpha value is -1.18. The highest BCUT2D eigenvalue weighted by molar-refractivity contribution is 5.70. The van der Waals surface area contributed by atoms with Crippen molar-refractivity contribution in [1.29, 1.82) is 0 Å². The zero-order valence-electron chi connectivity index (χ0n) is 35.0. The van der Waals surface area contributed by atoms with Gasteiger partial charge in [0.1, 0.15) is 6.61 Å². The van der Waals surface area contributed by atoms with Crippen LogP contribution in [0.25, 0.3) is 0 Å². The molecule has 7 heteroatoms. The van der Waals surface area contributed by atoms with E-state index in [1.165, 1.54) is 167 Å². The van der Waals surface area contributed by atoms with E-state index >= 15 is 0 Å². The van der Waals surface area contributed by atoms with E-state index in [0.29, 0.717) is 39.3 Å². The van der Waals surface area contributed by atoms with Gasteiger partial charge in [0.15, 0.2) is 6.10 Å². The second-order valence-corrected chi connectivity index (χ2v) is 15.2. The highest BCUT2D eigenvalue weighted by atomic mass is 16.6. The molecule has 0 rings (SSSR count). The molecule has 0 amide bonds. The van der Waals surface area contributed by atoms with E-state index in [-0.39, 0.29) is 25.2 Å². The minimum Gasteiger partial charge on any atom is -0.462 e. The third-order valence-corrected chi connectivity index (χ3v) is 10.0. The molecule has 1 atom stereocenters. The van der Waals surface area contributed by atoms with Crippen LogP contribution in [0.5, 0.6) is 0 Å². The summed E-state index contributed by atoms with van der Waals surface area (Å²) in [7, 11) is 1.68. The molecule has 7 nitrogen and oxygen atoms in total. The molecule has 0 aromatic heterocycles. The molecule has 0 bridgehead atoms. The maximum atomic E-state index is 12.6. The Bertz CT molecular complexity index is 716. The molecular weight excluding hydrogens is 652 g/mol. The summed E-state index contributed by atoms with van der Waals surface area (Å²) in [6.45, 7) is 6.92. The van der Waals surface area contributed by atoms with Crippen LogP contribution in [0.4, 0.5) is 0 Å². The van der Waals surface area contributed by atoms with Crippen LogP contribution in [-0.2, 0) is 33.3 Å². The molecule has 0 saturated carbocycles. The van der Waals surface area contributed by atoms with Crippen LogP contribution in [0.2, 0.25) is 0 Å². The lowest BCUT2D eigenvalue weighted by Gasteiger charge is -2.18. The molecule has 0 aromatic rings. The van der Waals surface area contributed by atoms with Gasteiger partial charge in [-0.05, 0) is 19.3 Å². The van der Waals surface area contributed by atoms with Crippen LogP contribution in [0.15, 0.2) is 0 Å². The molecule has 0 radical (unpaired) electrons. The minimum atomic E-state index is -0.595. The summed E-state index contributed by atoms with van der Waals surface area (Å²) >= 11 is 0. The van der Waals surface area contributed by atoms with E-state index in [0.717, 1.165) is 32.1 Å². The number of rotatable bonds is 44. The van der Waals surface area contributed by atoms with Gasteiger partial charge in [-0.1, -0.05) is 194 Å². The van der Waals surface area contributed by atoms with Gasteiger partial charge in [-0.3, -0.25) is 9.59 Å². The maximum absolute atomic E-state index is 12.6. The lowest BCUT2D eigenvalue weighted by Crippen LogP contribution is -2.30. The van der Waals surface area contributed by atoms with Gasteiger partial charge >= 0.3 is 11.9 Å². The van der Waals surface area contributed by atoms with Gasteiger partial charge in [0.25, 0.3) is 0 Å². The first-order valence-corrected chi connectivity index (χ1v) is 22.6. The van der Waals surface area contributed by atoms with E-state index in [9.17, 15) is 9.59 Å². The molecule has 0 aliphatic carbocycles. The normalized spacial score (nSPS) is 12.0. The number of carbonyl (C=O) groups excluding carboxylic acids is 2. The maximum Gasteiger partial charge on any atom is 0.306 e. The summed E-state index contributed by atoms with van der Waals surface area (Å²) in [6, 6.07) is 0. The predicted molar refractivity (Wildman–Crippen MR) is 218 cm³/mol. The Labute approximate surface area is 323 Å². The minimum absolute atomic E-state index is 0.0386. The topological polar surface area (TPSA) is 80.3 Å². The van der Waals surface area contributed by atoms with Crippen LogP contribution >= 0.6 is 0 Å². The Morgan fingerprint density at radius 3 is 1.15 bits per heavy atom. The molecule has 0 spiro atoms. The zero-order valence-corrected chi connectivity index (χ0v) is 35.0. The molecule has 0 aromatic carbocycles. The van der Waals surface area contributed by atoms with Crippen molar-refractivity contribution in [3.8, 4) is 0 Å². The van der Waals surface area contributed by atoms with Crippen LogP contribution < -0.4 is 0 Å². The van der Waals surface area contributed by atoms with Crippen LogP contribution in [0.1, 0.15) is 226 Å². The standard InChI is InChI=1S/C45H88O7/c1-4-6-8-10-12-14-16-18-20-22-24-26-28-30-32-35-44(46)51-42-43(41-50-40-39-49-38-34-37-48-3)52-45(47)36-33-31-29-27-25-23-21-19-17-15-13-11-9-7-5-2/h43H,4-42H2,1-3H3. The van der Waals surface area contributed by atoms with E-state index in [2.05, 4.69) is 13.8 Å². The van der Waals surface area contributed by atoms with E-state index in [4.69, 9.17) is 23.7 Å². The molecule has 1 unspecified atom stereocenters. The number of unbranched alkanes of at least 4 members (excludes halogenated alkanes) is 28. The fourth-order valence-corrected chi connectivity index (χ4v) is 6.64. The molecular formula is C45H88O7. The Morgan fingerprint density at radius 2 is 0.750 bits per heavy atom. The number of esters is 2. The average molecular weight is 741 g/mol. The number of hydrogen-bond acceptors (Lipinski definition) is 7. The van der Waals surface area contributed by atoms with E-state index < -0.39 is 6.10 Å².